The van der Waals surface area contributed by atoms with Crippen LogP contribution in [0.5, 0.6) is 0 Å². The summed E-state index contributed by atoms with van der Waals surface area (Å²) in [6.45, 7) is 2.16. The zero-order chi connectivity index (χ0) is 10.1. The van der Waals surface area contributed by atoms with Crippen LogP contribution in [0.3, 0.4) is 0 Å². The van der Waals surface area contributed by atoms with Gasteiger partial charge in [-0.3, -0.25) is 0 Å². The summed E-state index contributed by atoms with van der Waals surface area (Å²) in [6.07, 6.45) is 0. The van der Waals surface area contributed by atoms with Gasteiger partial charge in [0.15, 0.2) is 0 Å². The van der Waals surface area contributed by atoms with Crippen LogP contribution in [0.2, 0.25) is 0 Å². The molecule has 0 atom stereocenters. The van der Waals surface area contributed by atoms with Crippen molar-refractivity contribution in [2.75, 3.05) is 32.1 Å². The minimum Gasteiger partial charge on any atom is -0.353 e. The lowest BCUT2D eigenvalue weighted by molar-refractivity contribution is 0.246. The van der Waals surface area contributed by atoms with E-state index in [0.717, 1.165) is 23.5 Å². The number of rotatable bonds is 2. The van der Waals surface area contributed by atoms with Gasteiger partial charge in [0.05, 0.1) is 0 Å². The van der Waals surface area contributed by atoms with Gasteiger partial charge in [-0.2, -0.15) is 0 Å². The van der Waals surface area contributed by atoms with E-state index >= 15 is 0 Å². The highest BCUT2D eigenvalue weighted by atomic mass is 79.9. The molecule has 76 valence electrons. The highest BCUT2D eigenvalue weighted by Crippen LogP contribution is 2.21. The van der Waals surface area contributed by atoms with Crippen LogP contribution in [0, 0.1) is 0 Å². The Balaban J connectivity index is 2.00. The smallest absolute Gasteiger partial charge is 0.129 e. The van der Waals surface area contributed by atoms with Gasteiger partial charge in [0.2, 0.25) is 0 Å². The van der Waals surface area contributed by atoms with Crippen LogP contribution >= 0.6 is 15.9 Å². The second kappa shape index (κ2) is 3.87. The Morgan fingerprint density at radius 1 is 1.43 bits per heavy atom. The molecule has 14 heavy (non-hydrogen) atoms. The summed E-state index contributed by atoms with van der Waals surface area (Å²) in [5.41, 5.74) is 0. The fraction of sp³-hybridized carbons (Fsp3) is 0.500. The van der Waals surface area contributed by atoms with E-state index in [0.29, 0.717) is 6.04 Å². The topological polar surface area (TPSA) is 19.4 Å². The number of hydrogen-bond acceptors (Lipinski definition) is 3. The number of hydrogen-bond donors (Lipinski definition) is 0. The molecule has 0 bridgehead atoms. The van der Waals surface area contributed by atoms with Gasteiger partial charge in [-0.05, 0) is 42.2 Å². The maximum absolute atomic E-state index is 4.41. The quantitative estimate of drug-likeness (QED) is 0.749. The molecular formula is C10H14BrN3. The number of likely N-dealkylation sites (N-methyl/N-ethyl adjacent to an activating group) is 1. The maximum Gasteiger partial charge on any atom is 0.129 e. The predicted molar refractivity (Wildman–Crippen MR) is 61.6 cm³/mol. The minimum atomic E-state index is 0.677. The Morgan fingerprint density at radius 2 is 2.14 bits per heavy atom. The molecule has 0 saturated carbocycles. The van der Waals surface area contributed by atoms with Gasteiger partial charge in [0.25, 0.3) is 0 Å². The summed E-state index contributed by atoms with van der Waals surface area (Å²) in [4.78, 5) is 8.96. The van der Waals surface area contributed by atoms with Crippen molar-refractivity contribution in [2.45, 2.75) is 6.04 Å². The van der Waals surface area contributed by atoms with E-state index in [1.165, 1.54) is 0 Å². The van der Waals surface area contributed by atoms with Crippen molar-refractivity contribution in [1.82, 2.24) is 9.88 Å². The summed E-state index contributed by atoms with van der Waals surface area (Å²) < 4.78 is 0.906. The molecule has 0 radical (unpaired) electrons. The van der Waals surface area contributed by atoms with Gasteiger partial charge in [0.1, 0.15) is 10.4 Å². The molecule has 0 amide bonds. The third-order valence-corrected chi connectivity index (χ3v) is 3.06. The highest BCUT2D eigenvalue weighted by Gasteiger charge is 2.28. The number of halogens is 1. The van der Waals surface area contributed by atoms with E-state index in [4.69, 9.17) is 0 Å². The lowest BCUT2D eigenvalue weighted by Gasteiger charge is -2.43. The van der Waals surface area contributed by atoms with Gasteiger partial charge >= 0.3 is 0 Å². The van der Waals surface area contributed by atoms with Crippen molar-refractivity contribution in [1.29, 1.82) is 0 Å². The third kappa shape index (κ3) is 1.91. The molecule has 0 aliphatic carbocycles. The molecule has 1 saturated heterocycles. The molecule has 3 nitrogen and oxygen atoms in total. The van der Waals surface area contributed by atoms with Crippen LogP contribution < -0.4 is 4.90 Å². The van der Waals surface area contributed by atoms with E-state index in [2.05, 4.69) is 50.9 Å². The normalized spacial score (nSPS) is 17.3. The van der Waals surface area contributed by atoms with Crippen LogP contribution in [0.25, 0.3) is 0 Å². The van der Waals surface area contributed by atoms with E-state index in [1.54, 1.807) is 0 Å². The standard InChI is InChI=1S/C10H14BrN3/c1-13(2)8-6-14(7-8)10-5-3-4-9(11)12-10/h3-5,8H,6-7H2,1-2H3. The van der Waals surface area contributed by atoms with Gasteiger partial charge < -0.3 is 9.80 Å². The van der Waals surface area contributed by atoms with Gasteiger partial charge in [0, 0.05) is 19.1 Å². The molecule has 1 aromatic heterocycles. The number of pyridine rings is 1. The summed E-state index contributed by atoms with van der Waals surface area (Å²) >= 11 is 3.38. The molecule has 0 N–H and O–H groups in total. The van der Waals surface area contributed by atoms with E-state index in [-0.39, 0.29) is 0 Å². The first kappa shape index (κ1) is 9.93. The Bertz CT molecular complexity index is 321. The molecule has 1 fully saturated rings. The van der Waals surface area contributed by atoms with E-state index in [1.807, 2.05) is 12.1 Å². The van der Waals surface area contributed by atoms with Crippen LogP contribution in [0.1, 0.15) is 0 Å². The summed E-state index contributed by atoms with van der Waals surface area (Å²) in [5.74, 6) is 1.07. The summed E-state index contributed by atoms with van der Waals surface area (Å²) in [7, 11) is 4.24. The largest absolute Gasteiger partial charge is 0.353 e. The molecule has 1 aromatic rings. The second-order valence-electron chi connectivity index (χ2n) is 3.84. The van der Waals surface area contributed by atoms with Crippen molar-refractivity contribution in [2.24, 2.45) is 0 Å². The molecule has 0 aromatic carbocycles. The SMILES string of the molecule is CN(C)C1CN(c2cccc(Br)n2)C1. The highest BCUT2D eigenvalue weighted by molar-refractivity contribution is 9.10. The zero-order valence-electron chi connectivity index (χ0n) is 8.44. The van der Waals surface area contributed by atoms with Crippen LogP contribution in [-0.2, 0) is 0 Å². The molecular weight excluding hydrogens is 242 g/mol. The van der Waals surface area contributed by atoms with Crippen molar-refractivity contribution in [3.8, 4) is 0 Å². The van der Waals surface area contributed by atoms with Crippen LogP contribution in [0.4, 0.5) is 5.82 Å². The monoisotopic (exact) mass is 255 g/mol. The van der Waals surface area contributed by atoms with Gasteiger partial charge in [-0.25, -0.2) is 4.98 Å². The maximum atomic E-state index is 4.41. The van der Waals surface area contributed by atoms with E-state index in [9.17, 15) is 0 Å². The molecule has 1 aliphatic rings. The summed E-state index contributed by atoms with van der Waals surface area (Å²) in [5, 5.41) is 0. The van der Waals surface area contributed by atoms with Crippen molar-refractivity contribution in [3.63, 3.8) is 0 Å². The fourth-order valence-electron chi connectivity index (χ4n) is 1.54. The number of aromatic nitrogens is 1. The Hall–Kier alpha value is -0.610. The minimum absolute atomic E-state index is 0.677. The molecule has 2 rings (SSSR count). The van der Waals surface area contributed by atoms with Crippen molar-refractivity contribution < 1.29 is 0 Å². The lowest BCUT2D eigenvalue weighted by atomic mass is 10.1. The Labute approximate surface area is 92.9 Å². The first-order chi connectivity index (χ1) is 6.66. The molecule has 0 spiro atoms. The molecule has 0 unspecified atom stereocenters. The van der Waals surface area contributed by atoms with Crippen LogP contribution in [-0.4, -0.2) is 43.1 Å². The molecule has 4 heteroatoms. The first-order valence-electron chi connectivity index (χ1n) is 4.71. The fourth-order valence-corrected chi connectivity index (χ4v) is 1.88. The molecule has 1 aliphatic heterocycles. The average molecular weight is 256 g/mol. The Kier molecular flexibility index (Phi) is 2.74. The zero-order valence-corrected chi connectivity index (χ0v) is 10.0. The van der Waals surface area contributed by atoms with Crippen LogP contribution in [0.15, 0.2) is 22.8 Å². The third-order valence-electron chi connectivity index (χ3n) is 2.62. The summed E-state index contributed by atoms with van der Waals surface area (Å²) in [6, 6.07) is 6.70. The molecule has 2 heterocycles. The van der Waals surface area contributed by atoms with Crippen molar-refractivity contribution in [3.05, 3.63) is 22.8 Å². The second-order valence-corrected chi connectivity index (χ2v) is 4.65. The van der Waals surface area contributed by atoms with E-state index < -0.39 is 0 Å². The van der Waals surface area contributed by atoms with Crippen molar-refractivity contribution >= 4 is 21.7 Å². The number of anilines is 1. The average Bonchev–Trinajstić information content (AvgIpc) is 2.00. The Morgan fingerprint density at radius 3 is 2.71 bits per heavy atom. The number of nitrogens with zero attached hydrogens (tertiary/aromatic N) is 3. The first-order valence-corrected chi connectivity index (χ1v) is 5.50. The predicted octanol–water partition coefficient (Wildman–Crippen LogP) is 1.59. The van der Waals surface area contributed by atoms with Gasteiger partial charge in [-0.1, -0.05) is 6.07 Å². The lowest BCUT2D eigenvalue weighted by Crippen LogP contribution is -2.57. The van der Waals surface area contributed by atoms with Gasteiger partial charge in [-0.15, -0.1) is 0 Å².